The normalized spacial score (nSPS) is 14.5. The van der Waals surface area contributed by atoms with Crippen molar-refractivity contribution in [3.63, 3.8) is 0 Å². The first-order valence-corrected chi connectivity index (χ1v) is 6.27. The number of anilines is 2. The van der Waals surface area contributed by atoms with E-state index in [0.717, 1.165) is 12.8 Å². The van der Waals surface area contributed by atoms with E-state index < -0.39 is 11.6 Å². The van der Waals surface area contributed by atoms with E-state index in [2.05, 4.69) is 15.3 Å². The molecule has 1 aliphatic rings. The van der Waals surface area contributed by atoms with Crippen LogP contribution in [0, 0.1) is 11.6 Å². The number of nitrogens with one attached hydrogen (secondary N) is 1. The molecule has 0 bridgehead atoms. The first-order chi connectivity index (χ1) is 9.13. The van der Waals surface area contributed by atoms with Gasteiger partial charge in [-0.25, -0.2) is 18.7 Å². The van der Waals surface area contributed by atoms with E-state index in [-0.39, 0.29) is 10.8 Å². The van der Waals surface area contributed by atoms with E-state index >= 15 is 0 Å². The van der Waals surface area contributed by atoms with Crippen LogP contribution in [-0.2, 0) is 0 Å². The molecule has 6 heteroatoms. The number of halogens is 3. The minimum atomic E-state index is -0.678. The van der Waals surface area contributed by atoms with Crippen LogP contribution >= 0.6 is 11.6 Å². The summed E-state index contributed by atoms with van der Waals surface area (Å²) in [5, 5.41) is 2.88. The van der Waals surface area contributed by atoms with Crippen LogP contribution in [0.2, 0.25) is 5.15 Å². The zero-order valence-corrected chi connectivity index (χ0v) is 10.6. The molecule has 1 fully saturated rings. The van der Waals surface area contributed by atoms with Crippen molar-refractivity contribution in [1.82, 2.24) is 9.97 Å². The summed E-state index contributed by atoms with van der Waals surface area (Å²) in [6.45, 7) is 0. The molecule has 1 aliphatic carbocycles. The van der Waals surface area contributed by atoms with Crippen LogP contribution in [0.4, 0.5) is 20.3 Å². The van der Waals surface area contributed by atoms with Gasteiger partial charge in [-0.15, -0.1) is 0 Å². The zero-order chi connectivity index (χ0) is 13.4. The topological polar surface area (TPSA) is 37.8 Å². The molecule has 0 unspecified atom stereocenters. The molecule has 0 amide bonds. The lowest BCUT2D eigenvalue weighted by molar-refractivity contribution is 0.590. The average Bonchev–Trinajstić information content (AvgIpc) is 3.17. The first-order valence-electron chi connectivity index (χ1n) is 5.89. The monoisotopic (exact) mass is 281 g/mol. The fourth-order valence-electron chi connectivity index (χ4n) is 1.77. The van der Waals surface area contributed by atoms with Crippen LogP contribution in [-0.4, -0.2) is 9.97 Å². The molecular weight excluding hydrogens is 272 g/mol. The third-order valence-corrected chi connectivity index (χ3v) is 3.06. The van der Waals surface area contributed by atoms with Gasteiger partial charge in [0.15, 0.2) is 0 Å². The molecule has 1 aromatic heterocycles. The van der Waals surface area contributed by atoms with Gasteiger partial charge in [0.2, 0.25) is 0 Å². The number of nitrogens with zero attached hydrogens (tertiary/aromatic N) is 2. The van der Waals surface area contributed by atoms with Gasteiger partial charge in [0.25, 0.3) is 0 Å². The van der Waals surface area contributed by atoms with Gasteiger partial charge in [-0.3, -0.25) is 0 Å². The Morgan fingerprint density at radius 3 is 2.47 bits per heavy atom. The minimum Gasteiger partial charge on any atom is -0.335 e. The Morgan fingerprint density at radius 2 is 1.84 bits per heavy atom. The highest BCUT2D eigenvalue weighted by Crippen LogP contribution is 2.39. The van der Waals surface area contributed by atoms with Crippen molar-refractivity contribution >= 4 is 23.1 Å². The molecule has 3 nitrogen and oxygen atoms in total. The molecule has 19 heavy (non-hydrogen) atoms. The third-order valence-electron chi connectivity index (χ3n) is 2.87. The Labute approximate surface area is 113 Å². The first kappa shape index (κ1) is 12.3. The number of para-hydroxylation sites is 1. The second-order valence-electron chi connectivity index (χ2n) is 4.43. The van der Waals surface area contributed by atoms with Gasteiger partial charge >= 0.3 is 0 Å². The molecule has 0 atom stereocenters. The van der Waals surface area contributed by atoms with Crippen molar-refractivity contribution in [2.24, 2.45) is 0 Å². The maximum Gasteiger partial charge on any atom is 0.149 e. The molecule has 3 rings (SSSR count). The molecule has 0 saturated heterocycles. The number of hydrogen-bond donors (Lipinski definition) is 1. The van der Waals surface area contributed by atoms with Crippen LogP contribution in [0.15, 0.2) is 24.3 Å². The second kappa shape index (κ2) is 4.74. The molecule has 98 valence electrons. The maximum atomic E-state index is 13.5. The molecular formula is C13H10ClF2N3. The Balaban J connectivity index is 1.94. The molecule has 1 N–H and O–H groups in total. The van der Waals surface area contributed by atoms with Gasteiger partial charge in [-0.05, 0) is 25.0 Å². The van der Waals surface area contributed by atoms with Gasteiger partial charge in [0.05, 0.1) is 0 Å². The van der Waals surface area contributed by atoms with Gasteiger partial charge in [0.1, 0.15) is 34.1 Å². The van der Waals surface area contributed by atoms with Crippen molar-refractivity contribution < 1.29 is 8.78 Å². The molecule has 1 aromatic carbocycles. The van der Waals surface area contributed by atoms with Crippen molar-refractivity contribution in [3.05, 3.63) is 46.9 Å². The summed E-state index contributed by atoms with van der Waals surface area (Å²) in [7, 11) is 0. The van der Waals surface area contributed by atoms with Crippen LogP contribution in [0.5, 0.6) is 0 Å². The van der Waals surface area contributed by atoms with E-state index in [1.165, 1.54) is 24.3 Å². The highest BCUT2D eigenvalue weighted by Gasteiger charge is 2.27. The number of rotatable bonds is 3. The SMILES string of the molecule is Fc1cccc(F)c1Nc1cc(Cl)nc(C2CC2)n1. The van der Waals surface area contributed by atoms with E-state index in [1.807, 2.05) is 0 Å². The van der Waals surface area contributed by atoms with Crippen molar-refractivity contribution in [2.75, 3.05) is 5.32 Å². The highest BCUT2D eigenvalue weighted by atomic mass is 35.5. The maximum absolute atomic E-state index is 13.5. The fourth-order valence-corrected chi connectivity index (χ4v) is 1.96. The summed E-state index contributed by atoms with van der Waals surface area (Å²) < 4.78 is 27.1. The predicted molar refractivity (Wildman–Crippen MR) is 68.7 cm³/mol. The van der Waals surface area contributed by atoms with E-state index in [0.29, 0.717) is 17.6 Å². The lowest BCUT2D eigenvalue weighted by Crippen LogP contribution is -2.02. The zero-order valence-electron chi connectivity index (χ0n) is 9.83. The standard InChI is InChI=1S/C13H10ClF2N3/c14-10-6-11(19-13(17-10)7-4-5-7)18-12-8(15)2-1-3-9(12)16/h1-3,6-7H,4-5H2,(H,17,18,19). The Bertz CT molecular complexity index is 609. The smallest absolute Gasteiger partial charge is 0.149 e. The molecule has 0 spiro atoms. The van der Waals surface area contributed by atoms with Crippen molar-refractivity contribution in [3.8, 4) is 0 Å². The number of aromatic nitrogens is 2. The average molecular weight is 282 g/mol. The molecule has 1 saturated carbocycles. The summed E-state index contributed by atoms with van der Waals surface area (Å²) in [4.78, 5) is 8.34. The van der Waals surface area contributed by atoms with Gasteiger partial charge < -0.3 is 5.32 Å². The number of benzene rings is 1. The van der Waals surface area contributed by atoms with Gasteiger partial charge in [-0.1, -0.05) is 17.7 Å². The fraction of sp³-hybridized carbons (Fsp3) is 0.231. The number of hydrogen-bond acceptors (Lipinski definition) is 3. The van der Waals surface area contributed by atoms with E-state index in [9.17, 15) is 8.78 Å². The predicted octanol–water partition coefficient (Wildman–Crippen LogP) is 4.03. The summed E-state index contributed by atoms with van der Waals surface area (Å²) >= 11 is 5.89. The summed E-state index contributed by atoms with van der Waals surface area (Å²) in [6.07, 6.45) is 2.04. The quantitative estimate of drug-likeness (QED) is 0.863. The van der Waals surface area contributed by atoms with Crippen molar-refractivity contribution in [2.45, 2.75) is 18.8 Å². The largest absolute Gasteiger partial charge is 0.335 e. The third kappa shape index (κ3) is 2.66. The lowest BCUT2D eigenvalue weighted by Gasteiger charge is -2.09. The van der Waals surface area contributed by atoms with Crippen LogP contribution in [0.1, 0.15) is 24.6 Å². The Morgan fingerprint density at radius 1 is 1.16 bits per heavy atom. The molecule has 2 aromatic rings. The van der Waals surface area contributed by atoms with Gasteiger partial charge in [0, 0.05) is 12.0 Å². The summed E-state index contributed by atoms with van der Waals surface area (Å²) in [6, 6.07) is 5.10. The van der Waals surface area contributed by atoms with Crippen LogP contribution in [0.3, 0.4) is 0 Å². The second-order valence-corrected chi connectivity index (χ2v) is 4.82. The van der Waals surface area contributed by atoms with E-state index in [1.54, 1.807) is 0 Å². The Hall–Kier alpha value is -1.75. The summed E-state index contributed by atoms with van der Waals surface area (Å²) in [5.74, 6) is -0.132. The molecule has 0 aliphatic heterocycles. The Kier molecular flexibility index (Phi) is 3.06. The lowest BCUT2D eigenvalue weighted by atomic mass is 10.3. The molecule has 1 heterocycles. The van der Waals surface area contributed by atoms with Crippen molar-refractivity contribution in [1.29, 1.82) is 0 Å². The van der Waals surface area contributed by atoms with Gasteiger partial charge in [-0.2, -0.15) is 0 Å². The molecule has 0 radical (unpaired) electrons. The summed E-state index contributed by atoms with van der Waals surface area (Å²) in [5.41, 5.74) is -0.237. The minimum absolute atomic E-state index is 0.237. The van der Waals surface area contributed by atoms with E-state index in [4.69, 9.17) is 11.6 Å². The van der Waals surface area contributed by atoms with Crippen LogP contribution in [0.25, 0.3) is 0 Å². The van der Waals surface area contributed by atoms with Crippen LogP contribution < -0.4 is 5.32 Å². The highest BCUT2D eigenvalue weighted by molar-refractivity contribution is 6.29.